The Morgan fingerprint density at radius 2 is 2.00 bits per heavy atom. The van der Waals surface area contributed by atoms with E-state index in [2.05, 4.69) is 20.5 Å². The predicted molar refractivity (Wildman–Crippen MR) is 118 cm³/mol. The van der Waals surface area contributed by atoms with Crippen molar-refractivity contribution in [2.45, 2.75) is 37.3 Å². The first kappa shape index (κ1) is 20.3. The minimum absolute atomic E-state index is 0.000257. The molecule has 2 bridgehead atoms. The maximum absolute atomic E-state index is 12.4. The van der Waals surface area contributed by atoms with Crippen LogP contribution in [0.4, 0.5) is 11.6 Å². The van der Waals surface area contributed by atoms with E-state index in [1.807, 2.05) is 13.0 Å². The standard InChI is InChI=1S/C22H26ClN5O3/c1-15-8-16(2-3-17(15)23)31-11-20(29)27-22-12-21(13-22,14-22)26-18-9-24-10-19(25-18)28-4-6-30-7-5-28/h2-3,8-10H,4-7,11-14H2,1H3,(H,25,26)(H,27,29). The number of rotatable bonds is 7. The molecular formula is C22H26ClN5O3. The van der Waals surface area contributed by atoms with Gasteiger partial charge in [0.1, 0.15) is 17.4 Å². The Labute approximate surface area is 186 Å². The van der Waals surface area contributed by atoms with Crippen molar-refractivity contribution in [2.24, 2.45) is 0 Å². The van der Waals surface area contributed by atoms with Gasteiger partial charge in [0.15, 0.2) is 6.61 Å². The molecule has 0 radical (unpaired) electrons. The SMILES string of the molecule is Cc1cc(OCC(=O)NC23CC(Nc4cncc(N5CCOCC5)n4)(C2)C3)ccc1Cl. The van der Waals surface area contributed by atoms with Crippen molar-refractivity contribution in [1.29, 1.82) is 0 Å². The van der Waals surface area contributed by atoms with Gasteiger partial charge in [0.2, 0.25) is 0 Å². The van der Waals surface area contributed by atoms with Crippen LogP contribution in [-0.4, -0.2) is 59.9 Å². The lowest BCUT2D eigenvalue weighted by Crippen LogP contribution is -2.81. The summed E-state index contributed by atoms with van der Waals surface area (Å²) in [6.07, 6.45) is 6.21. The van der Waals surface area contributed by atoms with Gasteiger partial charge < -0.3 is 25.0 Å². The Morgan fingerprint density at radius 1 is 1.23 bits per heavy atom. The Bertz CT molecular complexity index is 975. The number of halogens is 1. The summed E-state index contributed by atoms with van der Waals surface area (Å²) in [4.78, 5) is 23.6. The number of nitrogens with zero attached hydrogens (tertiary/aromatic N) is 3. The smallest absolute Gasteiger partial charge is 0.258 e. The molecule has 1 amide bonds. The van der Waals surface area contributed by atoms with Crippen LogP contribution in [0.3, 0.4) is 0 Å². The highest BCUT2D eigenvalue weighted by molar-refractivity contribution is 6.31. The van der Waals surface area contributed by atoms with E-state index in [9.17, 15) is 4.79 Å². The third-order valence-corrected chi connectivity index (χ3v) is 6.71. The molecule has 1 aromatic carbocycles. The molecule has 0 spiro atoms. The van der Waals surface area contributed by atoms with E-state index in [0.29, 0.717) is 24.0 Å². The zero-order valence-corrected chi connectivity index (χ0v) is 18.2. The Hall–Kier alpha value is -2.58. The van der Waals surface area contributed by atoms with Crippen molar-refractivity contribution in [1.82, 2.24) is 15.3 Å². The van der Waals surface area contributed by atoms with Crippen molar-refractivity contribution in [3.63, 3.8) is 0 Å². The molecule has 2 heterocycles. The van der Waals surface area contributed by atoms with Crippen LogP contribution in [0.5, 0.6) is 5.75 Å². The monoisotopic (exact) mass is 443 g/mol. The molecule has 6 rings (SSSR count). The van der Waals surface area contributed by atoms with E-state index in [4.69, 9.17) is 26.1 Å². The average molecular weight is 444 g/mol. The van der Waals surface area contributed by atoms with Crippen LogP contribution in [0.2, 0.25) is 5.02 Å². The normalized spacial score (nSPS) is 26.5. The second-order valence-electron chi connectivity index (χ2n) is 8.83. The van der Waals surface area contributed by atoms with Gasteiger partial charge >= 0.3 is 0 Å². The zero-order chi connectivity index (χ0) is 21.5. The minimum Gasteiger partial charge on any atom is -0.484 e. The lowest BCUT2D eigenvalue weighted by Gasteiger charge is -2.70. The summed E-state index contributed by atoms with van der Waals surface area (Å²) in [5.41, 5.74) is 0.797. The second kappa shape index (κ2) is 7.84. The van der Waals surface area contributed by atoms with E-state index in [0.717, 1.165) is 49.6 Å². The van der Waals surface area contributed by atoms with E-state index < -0.39 is 0 Å². The van der Waals surface area contributed by atoms with Gasteiger partial charge in [-0.3, -0.25) is 9.78 Å². The maximum Gasteiger partial charge on any atom is 0.258 e. The van der Waals surface area contributed by atoms with Gasteiger partial charge in [-0.1, -0.05) is 11.6 Å². The van der Waals surface area contributed by atoms with Crippen molar-refractivity contribution in [3.05, 3.63) is 41.2 Å². The number of aromatic nitrogens is 2. The largest absolute Gasteiger partial charge is 0.484 e. The highest BCUT2D eigenvalue weighted by Gasteiger charge is 2.69. The van der Waals surface area contributed by atoms with Crippen molar-refractivity contribution in [3.8, 4) is 5.75 Å². The highest BCUT2D eigenvalue weighted by atomic mass is 35.5. The van der Waals surface area contributed by atoms with Crippen LogP contribution in [0.15, 0.2) is 30.6 Å². The molecule has 1 saturated heterocycles. The molecule has 31 heavy (non-hydrogen) atoms. The number of aryl methyl sites for hydroxylation is 1. The van der Waals surface area contributed by atoms with Gasteiger partial charge in [0, 0.05) is 29.2 Å². The summed E-state index contributed by atoms with van der Waals surface area (Å²) in [7, 11) is 0. The number of amides is 1. The molecule has 4 aliphatic rings. The third kappa shape index (κ3) is 4.14. The summed E-state index contributed by atoms with van der Waals surface area (Å²) in [6, 6.07) is 5.38. The van der Waals surface area contributed by atoms with Gasteiger partial charge in [-0.25, -0.2) is 4.98 Å². The van der Waals surface area contributed by atoms with E-state index in [1.54, 1.807) is 24.5 Å². The number of morpholine rings is 1. The van der Waals surface area contributed by atoms with Crippen molar-refractivity contribution < 1.29 is 14.3 Å². The Balaban J connectivity index is 1.10. The van der Waals surface area contributed by atoms with Gasteiger partial charge in [0.05, 0.1) is 25.6 Å². The molecule has 8 nitrogen and oxygen atoms in total. The minimum atomic E-state index is -0.126. The predicted octanol–water partition coefficient (Wildman–Crippen LogP) is 2.56. The number of carbonyl (C=O) groups excluding carboxylic acids is 1. The molecular weight excluding hydrogens is 418 g/mol. The van der Waals surface area contributed by atoms with E-state index in [-0.39, 0.29) is 23.6 Å². The summed E-state index contributed by atoms with van der Waals surface area (Å²) >= 11 is 6.02. The first-order chi connectivity index (χ1) is 14.9. The average Bonchev–Trinajstić information content (AvgIpc) is 2.73. The first-order valence-corrected chi connectivity index (χ1v) is 11.0. The fourth-order valence-corrected chi connectivity index (χ4v) is 4.99. The molecule has 3 saturated carbocycles. The van der Waals surface area contributed by atoms with E-state index in [1.165, 1.54) is 0 Å². The molecule has 0 atom stereocenters. The van der Waals surface area contributed by atoms with E-state index >= 15 is 0 Å². The highest BCUT2D eigenvalue weighted by Crippen LogP contribution is 2.61. The first-order valence-electron chi connectivity index (χ1n) is 10.6. The second-order valence-corrected chi connectivity index (χ2v) is 9.23. The number of hydrogen-bond acceptors (Lipinski definition) is 7. The maximum atomic E-state index is 12.4. The number of nitrogens with one attached hydrogen (secondary N) is 2. The fourth-order valence-electron chi connectivity index (χ4n) is 4.87. The molecule has 2 N–H and O–H groups in total. The number of ether oxygens (including phenoxy) is 2. The van der Waals surface area contributed by atoms with Crippen LogP contribution in [0, 0.1) is 6.92 Å². The molecule has 0 unspecified atom stereocenters. The number of anilines is 2. The van der Waals surface area contributed by atoms with Gasteiger partial charge in [-0.2, -0.15) is 0 Å². The van der Waals surface area contributed by atoms with Crippen LogP contribution in [0.1, 0.15) is 24.8 Å². The molecule has 164 valence electrons. The van der Waals surface area contributed by atoms with Crippen LogP contribution in [-0.2, 0) is 9.53 Å². The van der Waals surface area contributed by atoms with Gasteiger partial charge in [0.25, 0.3) is 5.91 Å². The molecule has 1 aromatic heterocycles. The third-order valence-electron chi connectivity index (χ3n) is 6.28. The molecule has 1 aliphatic heterocycles. The molecule has 9 heteroatoms. The topological polar surface area (TPSA) is 88.6 Å². The van der Waals surface area contributed by atoms with Crippen LogP contribution in [0.25, 0.3) is 0 Å². The Kier molecular flexibility index (Phi) is 5.14. The summed E-state index contributed by atoms with van der Waals surface area (Å²) in [5, 5.41) is 7.37. The Morgan fingerprint density at radius 3 is 2.74 bits per heavy atom. The number of carbonyl (C=O) groups is 1. The fraction of sp³-hybridized carbons (Fsp3) is 0.500. The van der Waals surface area contributed by atoms with Crippen molar-refractivity contribution >= 4 is 29.1 Å². The lowest BCUT2D eigenvalue weighted by atomic mass is 9.44. The van der Waals surface area contributed by atoms with Gasteiger partial charge in [-0.05, 0) is 49.9 Å². The van der Waals surface area contributed by atoms with Crippen LogP contribution < -0.4 is 20.3 Å². The summed E-state index contributed by atoms with van der Waals surface area (Å²) in [5.74, 6) is 2.20. The molecule has 3 aliphatic carbocycles. The summed E-state index contributed by atoms with van der Waals surface area (Å²) < 4.78 is 11.0. The lowest BCUT2D eigenvalue weighted by molar-refractivity contribution is -0.135. The quantitative estimate of drug-likeness (QED) is 0.679. The zero-order valence-electron chi connectivity index (χ0n) is 17.5. The van der Waals surface area contributed by atoms with Crippen LogP contribution >= 0.6 is 11.6 Å². The molecule has 4 fully saturated rings. The summed E-state index contributed by atoms with van der Waals surface area (Å²) in [6.45, 7) is 4.99. The number of benzene rings is 1. The number of hydrogen-bond donors (Lipinski definition) is 2. The molecule has 2 aromatic rings. The van der Waals surface area contributed by atoms with Gasteiger partial charge in [-0.15, -0.1) is 0 Å². The van der Waals surface area contributed by atoms with Crippen molar-refractivity contribution in [2.75, 3.05) is 43.1 Å².